The molecule has 5 rings (SSSR count). The molecule has 6 amide bonds. The Labute approximate surface area is 297 Å². The molecule has 0 unspecified atom stereocenters. The van der Waals surface area contributed by atoms with Gasteiger partial charge in [-0.3, -0.25) is 0 Å². The maximum absolute atomic E-state index is 13.4. The number of carbonyl (C=O) groups is 3. The monoisotopic (exact) mass is 711 g/mol. The molecule has 6 N–H and O–H groups in total. The van der Waals surface area contributed by atoms with Crippen molar-refractivity contribution in [3.05, 3.63) is 132 Å². The molecular formula is C36H25N9O6S. The quantitative estimate of drug-likeness (QED) is 0.0861. The van der Waals surface area contributed by atoms with Gasteiger partial charge in [0, 0.05) is 23.1 Å². The molecule has 0 bridgehead atoms. The number of para-hydroxylation sites is 2. The van der Waals surface area contributed by atoms with Crippen LogP contribution in [0.25, 0.3) is 0 Å². The van der Waals surface area contributed by atoms with Gasteiger partial charge in [-0.05, 0) is 84.9 Å². The second-order valence-corrected chi connectivity index (χ2v) is 12.1. The molecule has 16 heteroatoms. The molecule has 0 spiro atoms. The summed E-state index contributed by atoms with van der Waals surface area (Å²) in [5, 5.41) is 42.9. The second-order valence-electron chi connectivity index (χ2n) is 10.5. The topological polar surface area (TPSA) is 238 Å². The minimum absolute atomic E-state index is 0.0609. The summed E-state index contributed by atoms with van der Waals surface area (Å²) in [5.41, 5.74) is 1.87. The second kappa shape index (κ2) is 16.0. The van der Waals surface area contributed by atoms with Crippen LogP contribution in [-0.4, -0.2) is 26.5 Å². The molecule has 52 heavy (non-hydrogen) atoms. The summed E-state index contributed by atoms with van der Waals surface area (Å²) in [5.74, 6) is -0.386. The fourth-order valence-electron chi connectivity index (χ4n) is 4.50. The number of nitrogens with zero attached hydrogens (tertiary/aromatic N) is 3. The van der Waals surface area contributed by atoms with E-state index in [1.807, 2.05) is 18.2 Å². The van der Waals surface area contributed by atoms with Gasteiger partial charge < -0.3 is 36.1 Å². The zero-order valence-electron chi connectivity index (χ0n) is 26.7. The van der Waals surface area contributed by atoms with Crippen molar-refractivity contribution < 1.29 is 27.0 Å². The Morgan fingerprint density at radius 1 is 0.500 bits per heavy atom. The molecule has 5 aromatic rings. The first kappa shape index (κ1) is 35.4. The highest BCUT2D eigenvalue weighted by atomic mass is 32.2. The number of benzene rings is 5. The fraction of sp³-hybridized carbons (Fsp3) is 0. The summed E-state index contributed by atoms with van der Waals surface area (Å²) in [6.07, 6.45) is 0. The van der Waals surface area contributed by atoms with Crippen molar-refractivity contribution in [2.24, 2.45) is 0 Å². The van der Waals surface area contributed by atoms with Crippen LogP contribution < -0.4 is 36.1 Å². The van der Waals surface area contributed by atoms with E-state index in [1.165, 1.54) is 72.8 Å². The van der Waals surface area contributed by atoms with Crippen molar-refractivity contribution in [3.63, 3.8) is 0 Å². The zero-order valence-corrected chi connectivity index (χ0v) is 27.5. The van der Waals surface area contributed by atoms with Gasteiger partial charge in [-0.1, -0.05) is 24.3 Å². The van der Waals surface area contributed by atoms with E-state index in [0.717, 1.165) is 6.07 Å². The van der Waals surface area contributed by atoms with Crippen LogP contribution in [0.4, 0.5) is 48.5 Å². The molecule has 0 radical (unpaired) electrons. The van der Waals surface area contributed by atoms with Crippen molar-refractivity contribution >= 4 is 62.3 Å². The number of rotatable bonds is 9. The first-order chi connectivity index (χ1) is 25.1. The van der Waals surface area contributed by atoms with Crippen LogP contribution in [0, 0.1) is 34.0 Å². The van der Waals surface area contributed by atoms with Gasteiger partial charge in [-0.2, -0.15) is 24.2 Å². The Morgan fingerprint density at radius 2 is 0.942 bits per heavy atom. The lowest BCUT2D eigenvalue weighted by molar-refractivity contribution is 0.261. The van der Waals surface area contributed by atoms with Gasteiger partial charge in [-0.15, -0.1) is 0 Å². The number of amides is 6. The summed E-state index contributed by atoms with van der Waals surface area (Å²) < 4.78 is 32.3. The van der Waals surface area contributed by atoms with E-state index in [1.54, 1.807) is 36.4 Å². The molecule has 0 aromatic heterocycles. The molecule has 256 valence electrons. The van der Waals surface area contributed by atoms with E-state index in [2.05, 4.69) is 31.9 Å². The molecule has 0 atom stereocenters. The Bertz CT molecular complexity index is 2400. The van der Waals surface area contributed by atoms with Crippen molar-refractivity contribution in [2.45, 2.75) is 4.90 Å². The molecule has 0 heterocycles. The predicted molar refractivity (Wildman–Crippen MR) is 192 cm³/mol. The van der Waals surface area contributed by atoms with Gasteiger partial charge in [-0.25, -0.2) is 14.4 Å². The number of anilines is 6. The highest BCUT2D eigenvalue weighted by Gasteiger charge is 2.21. The van der Waals surface area contributed by atoms with Gasteiger partial charge >= 0.3 is 28.2 Å². The Morgan fingerprint density at radius 3 is 1.48 bits per heavy atom. The standard InChI is InChI=1S/C36H25N9O6S/c37-20-23-9-11-26(12-10-23)40-34(46)41-27-13-16-29(17-14-27)52(49,50)51-33-19-28(42-35(47)43-30-7-3-1-5-24(30)21-38)15-18-32(33)45-36(48)44-31-8-4-2-6-25(31)22-39/h1-19H,(H2,40,41,46)(H2,42,43,47)(H2,44,45,48). The number of hydrogen-bond donors (Lipinski definition) is 6. The first-order valence-corrected chi connectivity index (χ1v) is 16.4. The SMILES string of the molecule is N#Cc1ccc(NC(=O)Nc2ccc(S(=O)(=O)Oc3cc(NC(=O)Nc4ccccc4C#N)ccc3NC(=O)Nc3ccccc3C#N)cc2)cc1. The lowest BCUT2D eigenvalue weighted by atomic mass is 10.2. The van der Waals surface area contributed by atoms with Crippen LogP contribution in [0.15, 0.2) is 120 Å². The molecule has 0 aliphatic rings. The van der Waals surface area contributed by atoms with E-state index in [0.29, 0.717) is 11.3 Å². The third-order valence-corrected chi connectivity index (χ3v) is 8.20. The van der Waals surface area contributed by atoms with Gasteiger partial charge in [0.2, 0.25) is 0 Å². The van der Waals surface area contributed by atoms with Crippen molar-refractivity contribution in [2.75, 3.05) is 31.9 Å². The van der Waals surface area contributed by atoms with Gasteiger partial charge in [0.1, 0.15) is 17.0 Å². The summed E-state index contributed by atoms with van der Waals surface area (Å²) in [6.45, 7) is 0. The van der Waals surface area contributed by atoms with Crippen LogP contribution in [-0.2, 0) is 10.1 Å². The smallest absolute Gasteiger partial charge is 0.339 e. The van der Waals surface area contributed by atoms with Gasteiger partial charge in [0.15, 0.2) is 5.75 Å². The van der Waals surface area contributed by atoms with Gasteiger partial charge in [0.25, 0.3) is 0 Å². The molecule has 0 aliphatic carbocycles. The Hall–Kier alpha value is -7.87. The summed E-state index contributed by atoms with van der Waals surface area (Å²) in [6, 6.07) is 31.3. The summed E-state index contributed by atoms with van der Waals surface area (Å²) in [4.78, 5) is 37.9. The average Bonchev–Trinajstić information content (AvgIpc) is 3.13. The molecular weight excluding hydrogens is 687 g/mol. The number of nitriles is 3. The van der Waals surface area contributed by atoms with E-state index in [9.17, 15) is 33.3 Å². The van der Waals surface area contributed by atoms with Crippen LogP contribution in [0.2, 0.25) is 0 Å². The highest BCUT2D eigenvalue weighted by molar-refractivity contribution is 7.87. The average molecular weight is 712 g/mol. The number of hydrogen-bond acceptors (Lipinski definition) is 9. The molecule has 0 fully saturated rings. The molecule has 0 saturated carbocycles. The third-order valence-electron chi connectivity index (χ3n) is 6.95. The fourth-order valence-corrected chi connectivity index (χ4v) is 5.44. The normalized spacial score (nSPS) is 10.2. The molecule has 0 saturated heterocycles. The summed E-state index contributed by atoms with van der Waals surface area (Å²) in [7, 11) is -4.58. The van der Waals surface area contributed by atoms with E-state index < -0.39 is 28.2 Å². The highest BCUT2D eigenvalue weighted by Crippen LogP contribution is 2.32. The largest absolute Gasteiger partial charge is 0.377 e. The van der Waals surface area contributed by atoms with Gasteiger partial charge in [0.05, 0.1) is 39.8 Å². The zero-order chi connectivity index (χ0) is 37.1. The van der Waals surface area contributed by atoms with Crippen LogP contribution in [0.1, 0.15) is 16.7 Å². The lowest BCUT2D eigenvalue weighted by Crippen LogP contribution is -2.22. The van der Waals surface area contributed by atoms with Crippen molar-refractivity contribution in [1.82, 2.24) is 0 Å². The number of carbonyl (C=O) groups excluding carboxylic acids is 3. The first-order valence-electron chi connectivity index (χ1n) is 15.0. The lowest BCUT2D eigenvalue weighted by Gasteiger charge is -2.16. The van der Waals surface area contributed by atoms with Crippen molar-refractivity contribution in [1.29, 1.82) is 15.8 Å². The van der Waals surface area contributed by atoms with Crippen LogP contribution >= 0.6 is 0 Å². The molecule has 5 aromatic carbocycles. The third kappa shape index (κ3) is 9.18. The number of nitrogens with one attached hydrogen (secondary N) is 6. The van der Waals surface area contributed by atoms with E-state index in [4.69, 9.17) is 9.44 Å². The van der Waals surface area contributed by atoms with Crippen LogP contribution in [0.3, 0.4) is 0 Å². The Balaban J connectivity index is 1.34. The maximum Gasteiger partial charge on any atom is 0.339 e. The molecule has 0 aliphatic heterocycles. The maximum atomic E-state index is 13.4. The van der Waals surface area contributed by atoms with Crippen LogP contribution in [0.5, 0.6) is 5.75 Å². The molecule has 15 nitrogen and oxygen atoms in total. The van der Waals surface area contributed by atoms with E-state index in [-0.39, 0.29) is 50.2 Å². The predicted octanol–water partition coefficient (Wildman–Crippen LogP) is 7.00. The van der Waals surface area contributed by atoms with Crippen molar-refractivity contribution in [3.8, 4) is 24.0 Å². The van der Waals surface area contributed by atoms with E-state index >= 15 is 0 Å². The number of urea groups is 3. The summed E-state index contributed by atoms with van der Waals surface area (Å²) >= 11 is 0. The Kier molecular flexibility index (Phi) is 10.9. The minimum Gasteiger partial charge on any atom is -0.377 e. The minimum atomic E-state index is -4.58.